The van der Waals surface area contributed by atoms with E-state index in [1.54, 1.807) is 0 Å². The predicted molar refractivity (Wildman–Crippen MR) is 59.6 cm³/mol. The highest BCUT2D eigenvalue weighted by Crippen LogP contribution is 2.33. The lowest BCUT2D eigenvalue weighted by Crippen LogP contribution is -2.07. The lowest BCUT2D eigenvalue weighted by molar-refractivity contribution is 0.801. The van der Waals surface area contributed by atoms with E-state index >= 15 is 0 Å². The molecule has 0 unspecified atom stereocenters. The smallest absolute Gasteiger partial charge is 0.129 e. The van der Waals surface area contributed by atoms with Gasteiger partial charge in [-0.15, -0.1) is 11.8 Å². The van der Waals surface area contributed by atoms with Crippen LogP contribution < -0.4 is 0 Å². The van der Waals surface area contributed by atoms with Crippen molar-refractivity contribution in [3.05, 3.63) is 23.0 Å². The maximum atomic E-state index is 5.77. The van der Waals surface area contributed by atoms with Gasteiger partial charge in [-0.3, -0.25) is 0 Å². The average Bonchev–Trinajstić information content (AvgIpc) is 1.93. The first-order valence-electron chi connectivity index (χ1n) is 4.20. The zero-order chi connectivity index (χ0) is 10.1. The molecule has 0 aromatic carbocycles. The molecule has 0 radical (unpaired) electrons. The van der Waals surface area contributed by atoms with E-state index < -0.39 is 0 Å². The molecule has 0 saturated heterocycles. The van der Waals surface area contributed by atoms with Crippen LogP contribution in [0.2, 0.25) is 5.15 Å². The van der Waals surface area contributed by atoms with Crippen molar-refractivity contribution in [2.45, 2.75) is 37.3 Å². The Morgan fingerprint density at radius 2 is 2.00 bits per heavy atom. The number of pyridine rings is 1. The minimum Gasteiger partial charge on any atom is -0.243 e. The topological polar surface area (TPSA) is 12.9 Å². The van der Waals surface area contributed by atoms with Crippen LogP contribution >= 0.6 is 23.4 Å². The first-order chi connectivity index (χ1) is 5.88. The van der Waals surface area contributed by atoms with Gasteiger partial charge in [-0.05, 0) is 18.6 Å². The average molecular weight is 216 g/mol. The van der Waals surface area contributed by atoms with Crippen LogP contribution in [-0.2, 0) is 0 Å². The van der Waals surface area contributed by atoms with Gasteiger partial charge in [0.05, 0.1) is 0 Å². The van der Waals surface area contributed by atoms with Gasteiger partial charge in [-0.2, -0.15) is 0 Å². The van der Waals surface area contributed by atoms with Gasteiger partial charge in [-0.25, -0.2) is 4.98 Å². The number of rotatable bonds is 1. The molecule has 0 aliphatic rings. The standard InChI is InChI=1S/C10H14ClNS/c1-7-5-9(11)12-6-8(7)13-10(2,3)4/h5-6H,1-4H3. The van der Waals surface area contributed by atoms with Crippen LogP contribution in [0.25, 0.3) is 0 Å². The summed E-state index contributed by atoms with van der Waals surface area (Å²) >= 11 is 7.58. The molecular formula is C10H14ClNS. The molecule has 0 fully saturated rings. The Balaban J connectivity index is 2.90. The summed E-state index contributed by atoms with van der Waals surface area (Å²) in [4.78, 5) is 5.27. The van der Waals surface area contributed by atoms with Gasteiger partial charge in [0, 0.05) is 15.8 Å². The van der Waals surface area contributed by atoms with Crippen molar-refractivity contribution in [1.82, 2.24) is 4.98 Å². The summed E-state index contributed by atoms with van der Waals surface area (Å²) in [6.07, 6.45) is 1.84. The van der Waals surface area contributed by atoms with Crippen LogP contribution in [0, 0.1) is 6.92 Å². The lowest BCUT2D eigenvalue weighted by Gasteiger charge is -2.18. The second-order valence-corrected chi connectivity index (χ2v) is 6.24. The van der Waals surface area contributed by atoms with E-state index in [0.717, 1.165) is 0 Å². The molecule has 0 aliphatic heterocycles. The van der Waals surface area contributed by atoms with Crippen molar-refractivity contribution in [3.63, 3.8) is 0 Å². The van der Waals surface area contributed by atoms with Gasteiger partial charge in [0.15, 0.2) is 0 Å². The molecule has 13 heavy (non-hydrogen) atoms. The van der Waals surface area contributed by atoms with Crippen molar-refractivity contribution < 1.29 is 0 Å². The number of halogens is 1. The fourth-order valence-electron chi connectivity index (χ4n) is 0.946. The van der Waals surface area contributed by atoms with E-state index in [1.807, 2.05) is 24.0 Å². The Morgan fingerprint density at radius 3 is 2.46 bits per heavy atom. The van der Waals surface area contributed by atoms with Crippen LogP contribution in [0.5, 0.6) is 0 Å². The summed E-state index contributed by atoms with van der Waals surface area (Å²) in [6, 6.07) is 1.90. The third-order valence-corrected chi connectivity index (χ3v) is 2.91. The highest BCUT2D eigenvalue weighted by molar-refractivity contribution is 8.00. The highest BCUT2D eigenvalue weighted by Gasteiger charge is 2.13. The van der Waals surface area contributed by atoms with E-state index in [4.69, 9.17) is 11.6 Å². The molecule has 0 bridgehead atoms. The fourth-order valence-corrected chi connectivity index (χ4v) is 2.14. The highest BCUT2D eigenvalue weighted by atomic mass is 35.5. The molecule has 0 amide bonds. The van der Waals surface area contributed by atoms with Gasteiger partial charge in [0.2, 0.25) is 0 Å². The molecule has 3 heteroatoms. The Bertz CT molecular complexity index is 304. The van der Waals surface area contributed by atoms with Gasteiger partial charge < -0.3 is 0 Å². The zero-order valence-corrected chi connectivity index (χ0v) is 9.96. The molecule has 0 saturated carbocycles. The van der Waals surface area contributed by atoms with Crippen molar-refractivity contribution in [3.8, 4) is 0 Å². The minimum absolute atomic E-state index is 0.222. The third-order valence-electron chi connectivity index (χ3n) is 1.45. The Morgan fingerprint density at radius 1 is 1.38 bits per heavy atom. The number of aryl methyl sites for hydroxylation is 1. The number of aromatic nitrogens is 1. The summed E-state index contributed by atoms with van der Waals surface area (Å²) in [5.74, 6) is 0. The van der Waals surface area contributed by atoms with Gasteiger partial charge in [0.25, 0.3) is 0 Å². The molecular weight excluding hydrogens is 202 g/mol. The number of thioether (sulfide) groups is 1. The van der Waals surface area contributed by atoms with Gasteiger partial charge in [0.1, 0.15) is 5.15 Å². The van der Waals surface area contributed by atoms with Crippen LogP contribution in [0.3, 0.4) is 0 Å². The first-order valence-corrected chi connectivity index (χ1v) is 5.39. The van der Waals surface area contributed by atoms with Crippen molar-refractivity contribution in [1.29, 1.82) is 0 Å². The molecule has 1 nitrogen and oxygen atoms in total. The summed E-state index contributed by atoms with van der Waals surface area (Å²) in [6.45, 7) is 8.62. The van der Waals surface area contributed by atoms with Crippen LogP contribution in [0.1, 0.15) is 26.3 Å². The summed E-state index contributed by atoms with van der Waals surface area (Å²) in [5, 5.41) is 0.566. The maximum Gasteiger partial charge on any atom is 0.129 e. The fraction of sp³-hybridized carbons (Fsp3) is 0.500. The third kappa shape index (κ3) is 3.57. The second-order valence-electron chi connectivity index (χ2n) is 3.99. The van der Waals surface area contributed by atoms with E-state index in [9.17, 15) is 0 Å². The predicted octanol–water partition coefficient (Wildman–Crippen LogP) is 3.93. The lowest BCUT2D eigenvalue weighted by atomic mass is 10.3. The Kier molecular flexibility index (Phi) is 3.25. The Labute approximate surface area is 88.9 Å². The SMILES string of the molecule is Cc1cc(Cl)ncc1SC(C)(C)C. The van der Waals surface area contributed by atoms with E-state index in [2.05, 4.69) is 32.7 Å². The van der Waals surface area contributed by atoms with Crippen molar-refractivity contribution in [2.75, 3.05) is 0 Å². The van der Waals surface area contributed by atoms with Crippen LogP contribution in [-0.4, -0.2) is 9.73 Å². The first kappa shape index (κ1) is 10.9. The summed E-state index contributed by atoms with van der Waals surface area (Å²) < 4.78 is 0.222. The second kappa shape index (κ2) is 3.89. The molecule has 1 aromatic heterocycles. The molecule has 0 aliphatic carbocycles. The van der Waals surface area contributed by atoms with Crippen molar-refractivity contribution >= 4 is 23.4 Å². The van der Waals surface area contributed by atoms with Gasteiger partial charge >= 0.3 is 0 Å². The Hall–Kier alpha value is -0.210. The van der Waals surface area contributed by atoms with Crippen LogP contribution in [0.4, 0.5) is 0 Å². The van der Waals surface area contributed by atoms with E-state index in [0.29, 0.717) is 5.15 Å². The maximum absolute atomic E-state index is 5.77. The zero-order valence-electron chi connectivity index (χ0n) is 8.39. The van der Waals surface area contributed by atoms with Crippen molar-refractivity contribution in [2.24, 2.45) is 0 Å². The summed E-state index contributed by atoms with van der Waals surface area (Å²) in [5.41, 5.74) is 1.19. The normalized spacial score (nSPS) is 11.8. The number of nitrogens with zero attached hydrogens (tertiary/aromatic N) is 1. The molecule has 1 heterocycles. The molecule has 0 atom stereocenters. The largest absolute Gasteiger partial charge is 0.243 e. The minimum atomic E-state index is 0.222. The van der Waals surface area contributed by atoms with E-state index in [-0.39, 0.29) is 4.75 Å². The quantitative estimate of drug-likeness (QED) is 0.520. The molecule has 72 valence electrons. The summed E-state index contributed by atoms with van der Waals surface area (Å²) in [7, 11) is 0. The monoisotopic (exact) mass is 215 g/mol. The molecule has 1 aromatic rings. The van der Waals surface area contributed by atoms with Gasteiger partial charge in [-0.1, -0.05) is 32.4 Å². The molecule has 0 N–H and O–H groups in total. The number of hydrogen-bond donors (Lipinski definition) is 0. The molecule has 1 rings (SSSR count). The molecule has 0 spiro atoms. The van der Waals surface area contributed by atoms with E-state index in [1.165, 1.54) is 10.5 Å². The van der Waals surface area contributed by atoms with Crippen LogP contribution in [0.15, 0.2) is 17.2 Å². The number of hydrogen-bond acceptors (Lipinski definition) is 2.